The van der Waals surface area contributed by atoms with E-state index in [4.69, 9.17) is 0 Å². The highest BCUT2D eigenvalue weighted by molar-refractivity contribution is 8.18. The Balaban J connectivity index is 1.42. The fourth-order valence-electron chi connectivity index (χ4n) is 3.59. The zero-order valence-electron chi connectivity index (χ0n) is 14.1. The Morgan fingerprint density at radius 3 is 2.81 bits per heavy atom. The number of ether oxygens (including phenoxy) is 1. The molecule has 3 aliphatic heterocycles. The second-order valence-electron chi connectivity index (χ2n) is 6.54. The monoisotopic (exact) mass is 379 g/mol. The molecule has 1 aromatic carbocycles. The number of alkyl halides is 2. The Morgan fingerprint density at radius 1 is 1.23 bits per heavy atom. The molecule has 0 N–H and O–H groups in total. The smallest absolute Gasteiger partial charge is 0.387 e. The number of nitrogens with zero attached hydrogens (tertiary/aromatic N) is 3. The summed E-state index contributed by atoms with van der Waals surface area (Å²) in [5, 5.41) is 0.769. The van der Waals surface area contributed by atoms with Gasteiger partial charge in [0.05, 0.1) is 4.91 Å². The molecule has 8 heteroatoms. The van der Waals surface area contributed by atoms with Gasteiger partial charge in [-0.25, -0.2) is 0 Å². The number of aliphatic imine (C=N–C) groups is 1. The molecule has 0 aromatic heterocycles. The molecule has 2 fully saturated rings. The normalized spacial score (nSPS) is 25.1. The fraction of sp³-hybridized carbons (Fsp3) is 0.444. The lowest BCUT2D eigenvalue weighted by Gasteiger charge is -2.38. The van der Waals surface area contributed by atoms with Crippen LogP contribution in [0.4, 0.5) is 8.78 Å². The lowest BCUT2D eigenvalue weighted by Crippen LogP contribution is -2.51. The number of amidine groups is 1. The molecule has 0 bridgehead atoms. The van der Waals surface area contributed by atoms with E-state index >= 15 is 0 Å². The summed E-state index contributed by atoms with van der Waals surface area (Å²) < 4.78 is 28.7. The number of carbonyl (C=O) groups excluding carboxylic acids is 1. The Kier molecular flexibility index (Phi) is 4.95. The van der Waals surface area contributed by atoms with E-state index in [0.717, 1.165) is 30.4 Å². The van der Waals surface area contributed by atoms with Crippen molar-refractivity contribution in [3.8, 4) is 5.75 Å². The Bertz CT molecular complexity index is 751. The van der Waals surface area contributed by atoms with Crippen LogP contribution in [0.2, 0.25) is 0 Å². The molecule has 1 atom stereocenters. The molecule has 0 radical (unpaired) electrons. The van der Waals surface area contributed by atoms with Crippen molar-refractivity contribution in [1.29, 1.82) is 0 Å². The second-order valence-corrected chi connectivity index (χ2v) is 7.54. The summed E-state index contributed by atoms with van der Waals surface area (Å²) in [6.45, 7) is 1.16. The molecule has 3 heterocycles. The van der Waals surface area contributed by atoms with Gasteiger partial charge in [0.2, 0.25) is 0 Å². The van der Waals surface area contributed by atoms with Crippen LogP contribution in [0.15, 0.2) is 34.2 Å². The minimum absolute atomic E-state index is 0.0962. The summed E-state index contributed by atoms with van der Waals surface area (Å²) in [6, 6.07) is 6.78. The van der Waals surface area contributed by atoms with E-state index in [-0.39, 0.29) is 11.7 Å². The molecule has 1 aromatic rings. The van der Waals surface area contributed by atoms with Gasteiger partial charge in [-0.1, -0.05) is 12.1 Å². The molecule has 26 heavy (non-hydrogen) atoms. The van der Waals surface area contributed by atoms with Crippen molar-refractivity contribution in [2.24, 2.45) is 4.99 Å². The standard InChI is InChI=1S/C18H19F2N3O2S/c19-17(20)25-14-5-3-12(4-6-14)10-15-16(24)21-18(26-15)23-9-8-22-7-1-2-13(22)11-23/h3-6,10,13,17H,1-2,7-9,11H2/b15-10+/t13-/m0/s1. The molecule has 0 saturated carbocycles. The number of rotatable bonds is 3. The number of hydrogen-bond donors (Lipinski definition) is 0. The van der Waals surface area contributed by atoms with Crippen LogP contribution in [0.25, 0.3) is 6.08 Å². The first-order chi connectivity index (χ1) is 12.6. The van der Waals surface area contributed by atoms with Gasteiger partial charge in [0, 0.05) is 25.7 Å². The Morgan fingerprint density at radius 2 is 2.04 bits per heavy atom. The number of benzene rings is 1. The number of piperazine rings is 1. The summed E-state index contributed by atoms with van der Waals surface area (Å²) in [5.41, 5.74) is 0.750. The lowest BCUT2D eigenvalue weighted by molar-refractivity contribution is -0.113. The summed E-state index contributed by atoms with van der Waals surface area (Å²) in [6.07, 6.45) is 4.19. The van der Waals surface area contributed by atoms with E-state index in [1.165, 1.54) is 43.3 Å². The van der Waals surface area contributed by atoms with Gasteiger partial charge in [-0.15, -0.1) is 0 Å². The molecule has 138 valence electrons. The van der Waals surface area contributed by atoms with Crippen molar-refractivity contribution in [2.75, 3.05) is 26.2 Å². The predicted octanol–water partition coefficient (Wildman–Crippen LogP) is 3.04. The maximum absolute atomic E-state index is 12.2. The topological polar surface area (TPSA) is 45.1 Å². The number of hydrogen-bond acceptors (Lipinski definition) is 5. The summed E-state index contributed by atoms with van der Waals surface area (Å²) in [4.78, 5) is 21.7. The molecule has 0 spiro atoms. The second kappa shape index (κ2) is 7.36. The third kappa shape index (κ3) is 3.76. The van der Waals surface area contributed by atoms with Gasteiger partial charge in [-0.3, -0.25) is 9.69 Å². The number of fused-ring (bicyclic) bond motifs is 1. The van der Waals surface area contributed by atoms with Gasteiger partial charge in [0.1, 0.15) is 5.75 Å². The first kappa shape index (κ1) is 17.5. The number of amides is 1. The maximum Gasteiger partial charge on any atom is 0.387 e. The number of halogens is 2. The minimum atomic E-state index is -2.84. The van der Waals surface area contributed by atoms with Gasteiger partial charge in [0.25, 0.3) is 5.91 Å². The molecule has 5 nitrogen and oxygen atoms in total. The van der Waals surface area contributed by atoms with Crippen LogP contribution in [-0.4, -0.2) is 59.7 Å². The Labute approximate surface area is 154 Å². The van der Waals surface area contributed by atoms with E-state index in [2.05, 4.69) is 19.5 Å². The van der Waals surface area contributed by atoms with Crippen molar-refractivity contribution >= 4 is 28.9 Å². The lowest BCUT2D eigenvalue weighted by atomic mass is 10.2. The average molecular weight is 379 g/mol. The minimum Gasteiger partial charge on any atom is -0.435 e. The van der Waals surface area contributed by atoms with Crippen molar-refractivity contribution in [1.82, 2.24) is 9.80 Å². The van der Waals surface area contributed by atoms with Crippen molar-refractivity contribution in [3.05, 3.63) is 34.7 Å². The summed E-state index contributed by atoms with van der Waals surface area (Å²) in [5.74, 6) is -0.148. The summed E-state index contributed by atoms with van der Waals surface area (Å²) in [7, 11) is 0. The summed E-state index contributed by atoms with van der Waals surface area (Å²) >= 11 is 1.39. The van der Waals surface area contributed by atoms with E-state index in [0.29, 0.717) is 10.9 Å². The van der Waals surface area contributed by atoms with E-state index in [1.54, 1.807) is 18.2 Å². The molecule has 2 saturated heterocycles. The molecular weight excluding hydrogens is 360 g/mol. The van der Waals surface area contributed by atoms with Gasteiger partial charge in [0.15, 0.2) is 5.17 Å². The highest BCUT2D eigenvalue weighted by Crippen LogP contribution is 2.32. The Hall–Kier alpha value is -1.93. The quantitative estimate of drug-likeness (QED) is 0.756. The van der Waals surface area contributed by atoms with Crippen LogP contribution < -0.4 is 4.74 Å². The van der Waals surface area contributed by atoms with Crippen molar-refractivity contribution < 1.29 is 18.3 Å². The highest BCUT2D eigenvalue weighted by Gasteiger charge is 2.34. The van der Waals surface area contributed by atoms with E-state index in [9.17, 15) is 13.6 Å². The maximum atomic E-state index is 12.2. The van der Waals surface area contributed by atoms with Gasteiger partial charge in [-0.2, -0.15) is 13.8 Å². The first-order valence-electron chi connectivity index (χ1n) is 8.65. The third-order valence-corrected chi connectivity index (χ3v) is 5.91. The SMILES string of the molecule is O=C1N=C(N2CCN3CCC[C@H]3C2)S/C1=C/c1ccc(OC(F)F)cc1. The van der Waals surface area contributed by atoms with E-state index in [1.807, 2.05) is 0 Å². The average Bonchev–Trinajstić information content (AvgIpc) is 3.22. The van der Waals surface area contributed by atoms with Gasteiger partial charge >= 0.3 is 6.61 Å². The van der Waals surface area contributed by atoms with Crippen molar-refractivity contribution in [2.45, 2.75) is 25.5 Å². The van der Waals surface area contributed by atoms with Crippen LogP contribution in [0.3, 0.4) is 0 Å². The molecule has 3 aliphatic rings. The zero-order chi connectivity index (χ0) is 18.1. The van der Waals surface area contributed by atoms with Crippen LogP contribution in [-0.2, 0) is 4.79 Å². The fourth-order valence-corrected chi connectivity index (χ4v) is 4.54. The van der Waals surface area contributed by atoms with Crippen LogP contribution >= 0.6 is 11.8 Å². The van der Waals surface area contributed by atoms with Crippen LogP contribution in [0.1, 0.15) is 18.4 Å². The van der Waals surface area contributed by atoms with Crippen molar-refractivity contribution in [3.63, 3.8) is 0 Å². The van der Waals surface area contributed by atoms with Crippen LogP contribution in [0, 0.1) is 0 Å². The molecule has 0 aliphatic carbocycles. The first-order valence-corrected chi connectivity index (χ1v) is 9.46. The van der Waals surface area contributed by atoms with Crippen LogP contribution in [0.5, 0.6) is 5.75 Å². The third-order valence-electron chi connectivity index (χ3n) is 4.87. The largest absolute Gasteiger partial charge is 0.435 e. The molecule has 1 amide bonds. The van der Waals surface area contributed by atoms with Gasteiger partial charge in [-0.05, 0) is 54.9 Å². The highest BCUT2D eigenvalue weighted by atomic mass is 32.2. The zero-order valence-corrected chi connectivity index (χ0v) is 14.9. The number of carbonyl (C=O) groups is 1. The van der Waals surface area contributed by atoms with Gasteiger partial charge < -0.3 is 9.64 Å². The molecule has 4 rings (SSSR count). The number of thioether (sulfide) groups is 1. The molecule has 0 unspecified atom stereocenters. The predicted molar refractivity (Wildman–Crippen MR) is 97.3 cm³/mol. The molecular formula is C18H19F2N3O2S. The van der Waals surface area contributed by atoms with E-state index < -0.39 is 6.61 Å².